The van der Waals surface area contributed by atoms with Crippen molar-refractivity contribution in [3.8, 4) is 0 Å². The van der Waals surface area contributed by atoms with Crippen LogP contribution in [0.15, 0.2) is 30.3 Å². The van der Waals surface area contributed by atoms with Crippen molar-refractivity contribution < 1.29 is 19.2 Å². The SMILES string of the molecule is CCCC(=O)Nc1c(C(=O)OC)sc(CN2CCN(c3ccccc3)CC2)c1[N+](=O)[O-]. The lowest BCUT2D eigenvalue weighted by Gasteiger charge is -2.35. The Morgan fingerprint density at radius 2 is 1.87 bits per heavy atom. The maximum atomic E-state index is 12.2. The summed E-state index contributed by atoms with van der Waals surface area (Å²) in [6.07, 6.45) is 0.806. The standard InChI is InChI=1S/C21H26N4O5S/c1-3-7-17(26)22-18-19(25(28)29)16(31-20(18)21(27)30-2)14-23-10-12-24(13-11-23)15-8-5-4-6-9-15/h4-6,8-9H,3,7,10-14H2,1-2H3,(H,22,26). The minimum atomic E-state index is -0.694. The van der Waals surface area contributed by atoms with Gasteiger partial charge in [-0.2, -0.15) is 0 Å². The van der Waals surface area contributed by atoms with Gasteiger partial charge in [0, 0.05) is 44.8 Å². The van der Waals surface area contributed by atoms with Gasteiger partial charge in [-0.15, -0.1) is 11.3 Å². The number of esters is 1. The van der Waals surface area contributed by atoms with Crippen LogP contribution in [-0.4, -0.2) is 55.0 Å². The number of thiophene rings is 1. The van der Waals surface area contributed by atoms with E-state index in [2.05, 4.69) is 27.2 Å². The fourth-order valence-corrected chi connectivity index (χ4v) is 4.74. The van der Waals surface area contributed by atoms with Crippen LogP contribution in [0, 0.1) is 10.1 Å². The maximum Gasteiger partial charge on any atom is 0.350 e. The minimum absolute atomic E-state index is 0.0524. The van der Waals surface area contributed by atoms with Gasteiger partial charge in [-0.25, -0.2) is 4.79 Å². The summed E-state index contributed by atoms with van der Waals surface area (Å²) in [5.41, 5.74) is 0.872. The van der Waals surface area contributed by atoms with Gasteiger partial charge in [0.1, 0.15) is 10.6 Å². The van der Waals surface area contributed by atoms with Gasteiger partial charge in [-0.3, -0.25) is 19.8 Å². The number of nitrogens with one attached hydrogen (secondary N) is 1. The predicted molar refractivity (Wildman–Crippen MR) is 120 cm³/mol. The Labute approximate surface area is 184 Å². The number of rotatable bonds is 8. The number of nitrogens with zero attached hydrogens (tertiary/aromatic N) is 3. The molecule has 0 spiro atoms. The number of nitro groups is 1. The number of benzene rings is 1. The zero-order chi connectivity index (χ0) is 22.4. The maximum absolute atomic E-state index is 12.2. The van der Waals surface area contributed by atoms with Crippen LogP contribution in [-0.2, 0) is 16.1 Å². The molecular formula is C21H26N4O5S. The average Bonchev–Trinajstić information content (AvgIpc) is 3.12. The van der Waals surface area contributed by atoms with Crippen LogP contribution in [0.2, 0.25) is 0 Å². The lowest BCUT2D eigenvalue weighted by atomic mass is 10.2. The molecule has 0 bridgehead atoms. The third kappa shape index (κ3) is 5.39. The Morgan fingerprint density at radius 1 is 1.19 bits per heavy atom. The molecule has 1 N–H and O–H groups in total. The van der Waals surface area contributed by atoms with Crippen molar-refractivity contribution in [1.82, 2.24) is 4.90 Å². The molecule has 1 fully saturated rings. The van der Waals surface area contributed by atoms with E-state index in [9.17, 15) is 19.7 Å². The lowest BCUT2D eigenvalue weighted by molar-refractivity contribution is -0.384. The fourth-order valence-electron chi connectivity index (χ4n) is 3.56. The molecule has 9 nitrogen and oxygen atoms in total. The Kier molecular flexibility index (Phi) is 7.59. The summed E-state index contributed by atoms with van der Waals surface area (Å²) in [6.45, 7) is 5.23. The number of methoxy groups -OCH3 is 1. The molecule has 0 atom stereocenters. The molecule has 1 saturated heterocycles. The van der Waals surface area contributed by atoms with E-state index in [0.29, 0.717) is 17.8 Å². The average molecular weight is 447 g/mol. The summed E-state index contributed by atoms with van der Waals surface area (Å²) in [5, 5.41) is 14.4. The molecule has 31 heavy (non-hydrogen) atoms. The van der Waals surface area contributed by atoms with E-state index in [1.54, 1.807) is 0 Å². The molecule has 1 aromatic heterocycles. The molecule has 0 saturated carbocycles. The van der Waals surface area contributed by atoms with Crippen molar-refractivity contribution in [2.24, 2.45) is 0 Å². The van der Waals surface area contributed by atoms with Gasteiger partial charge in [0.2, 0.25) is 5.91 Å². The minimum Gasteiger partial charge on any atom is -0.465 e. The molecule has 0 aliphatic carbocycles. The molecule has 166 valence electrons. The Morgan fingerprint density at radius 3 is 2.45 bits per heavy atom. The van der Waals surface area contributed by atoms with Crippen LogP contribution in [0.4, 0.5) is 17.1 Å². The van der Waals surface area contributed by atoms with Gasteiger partial charge in [-0.1, -0.05) is 25.1 Å². The second-order valence-electron chi connectivity index (χ2n) is 7.22. The van der Waals surface area contributed by atoms with E-state index in [4.69, 9.17) is 4.74 Å². The molecule has 2 aromatic rings. The monoisotopic (exact) mass is 446 g/mol. The van der Waals surface area contributed by atoms with E-state index >= 15 is 0 Å². The molecule has 1 amide bonds. The van der Waals surface area contributed by atoms with E-state index in [1.165, 1.54) is 7.11 Å². The molecule has 3 rings (SSSR count). The molecule has 0 unspecified atom stereocenters. The normalized spacial score (nSPS) is 14.3. The molecule has 1 aromatic carbocycles. The first kappa shape index (κ1) is 22.7. The lowest BCUT2D eigenvalue weighted by Crippen LogP contribution is -2.45. The number of para-hydroxylation sites is 1. The van der Waals surface area contributed by atoms with E-state index in [1.807, 2.05) is 25.1 Å². The van der Waals surface area contributed by atoms with Gasteiger partial charge in [0.15, 0.2) is 0 Å². The second-order valence-corrected chi connectivity index (χ2v) is 8.33. The number of carbonyl (C=O) groups is 2. The van der Waals surface area contributed by atoms with Crippen LogP contribution in [0.1, 0.15) is 34.3 Å². The topological polar surface area (TPSA) is 105 Å². The number of piperazine rings is 1. The highest BCUT2D eigenvalue weighted by atomic mass is 32.1. The first-order chi connectivity index (χ1) is 14.9. The third-order valence-electron chi connectivity index (χ3n) is 5.11. The van der Waals surface area contributed by atoms with Crippen LogP contribution < -0.4 is 10.2 Å². The van der Waals surface area contributed by atoms with Crippen LogP contribution >= 0.6 is 11.3 Å². The number of hydrogen-bond acceptors (Lipinski definition) is 8. The number of hydrogen-bond donors (Lipinski definition) is 1. The first-order valence-electron chi connectivity index (χ1n) is 10.1. The van der Waals surface area contributed by atoms with Crippen molar-refractivity contribution in [2.75, 3.05) is 43.5 Å². The first-order valence-corrected chi connectivity index (χ1v) is 11.0. The van der Waals surface area contributed by atoms with Gasteiger partial charge >= 0.3 is 11.7 Å². The summed E-state index contributed by atoms with van der Waals surface area (Å²) in [7, 11) is 1.22. The molecule has 1 aliphatic rings. The summed E-state index contributed by atoms with van der Waals surface area (Å²) in [5.74, 6) is -1.06. The Balaban J connectivity index is 1.80. The molecule has 0 radical (unpaired) electrons. The summed E-state index contributed by atoms with van der Waals surface area (Å²) in [4.78, 5) is 40.6. The van der Waals surface area contributed by atoms with E-state index in [-0.39, 0.29) is 28.6 Å². The van der Waals surface area contributed by atoms with Gasteiger partial charge in [-0.05, 0) is 18.6 Å². The number of ether oxygens (including phenoxy) is 1. The summed E-state index contributed by atoms with van der Waals surface area (Å²) in [6, 6.07) is 10.1. The van der Waals surface area contributed by atoms with Gasteiger partial charge in [0.05, 0.1) is 16.9 Å². The highest BCUT2D eigenvalue weighted by Gasteiger charge is 2.33. The fraction of sp³-hybridized carbons (Fsp3) is 0.429. The highest BCUT2D eigenvalue weighted by molar-refractivity contribution is 7.15. The van der Waals surface area contributed by atoms with Crippen molar-refractivity contribution in [2.45, 2.75) is 26.3 Å². The smallest absolute Gasteiger partial charge is 0.350 e. The number of carbonyl (C=O) groups excluding carboxylic acids is 2. The largest absolute Gasteiger partial charge is 0.465 e. The Hall–Kier alpha value is -2.98. The molecular weight excluding hydrogens is 420 g/mol. The zero-order valence-electron chi connectivity index (χ0n) is 17.6. The highest BCUT2D eigenvalue weighted by Crippen LogP contribution is 2.41. The van der Waals surface area contributed by atoms with Crippen molar-refractivity contribution in [3.63, 3.8) is 0 Å². The van der Waals surface area contributed by atoms with E-state index < -0.39 is 10.9 Å². The zero-order valence-corrected chi connectivity index (χ0v) is 18.4. The van der Waals surface area contributed by atoms with Crippen LogP contribution in [0.3, 0.4) is 0 Å². The third-order valence-corrected chi connectivity index (χ3v) is 6.25. The van der Waals surface area contributed by atoms with E-state index in [0.717, 1.165) is 43.2 Å². The molecule has 1 aliphatic heterocycles. The molecule has 2 heterocycles. The van der Waals surface area contributed by atoms with Crippen molar-refractivity contribution in [3.05, 3.63) is 50.2 Å². The van der Waals surface area contributed by atoms with Crippen molar-refractivity contribution in [1.29, 1.82) is 0 Å². The second kappa shape index (κ2) is 10.4. The summed E-state index contributed by atoms with van der Waals surface area (Å²) >= 11 is 1.01. The quantitative estimate of drug-likeness (QED) is 0.376. The number of anilines is 2. The predicted octanol–water partition coefficient (Wildman–Crippen LogP) is 3.50. The Bertz CT molecular complexity index is 939. The van der Waals surface area contributed by atoms with Crippen LogP contribution in [0.25, 0.3) is 0 Å². The number of amides is 1. The van der Waals surface area contributed by atoms with Crippen molar-refractivity contribution >= 4 is 40.3 Å². The molecule has 10 heteroatoms. The summed E-state index contributed by atoms with van der Waals surface area (Å²) < 4.78 is 4.80. The van der Waals surface area contributed by atoms with Crippen LogP contribution in [0.5, 0.6) is 0 Å². The van der Waals surface area contributed by atoms with Gasteiger partial charge in [0.25, 0.3) is 0 Å². The van der Waals surface area contributed by atoms with Gasteiger partial charge < -0.3 is 15.0 Å².